The lowest BCUT2D eigenvalue weighted by molar-refractivity contribution is -0.137. The number of carboxylic acids is 1. The first-order chi connectivity index (χ1) is 7.58. The molecule has 0 saturated heterocycles. The van der Waals surface area contributed by atoms with E-state index in [1.807, 2.05) is 13.8 Å². The largest absolute Gasteiger partial charge is 0.480 e. The van der Waals surface area contributed by atoms with E-state index < -0.39 is 5.97 Å². The zero-order chi connectivity index (χ0) is 11.7. The van der Waals surface area contributed by atoms with Gasteiger partial charge in [-0.3, -0.25) is 4.79 Å². The number of aliphatic carboxylic acids is 1. The summed E-state index contributed by atoms with van der Waals surface area (Å²) >= 11 is 1.45. The van der Waals surface area contributed by atoms with Gasteiger partial charge in [-0.15, -0.1) is 16.4 Å². The topological polar surface area (TPSA) is 93.8 Å². The van der Waals surface area contributed by atoms with Crippen molar-refractivity contribution in [2.24, 2.45) is 0 Å². The number of aromatic nitrogens is 5. The van der Waals surface area contributed by atoms with Gasteiger partial charge in [-0.05, 0) is 24.3 Å². The smallest absolute Gasteiger partial charge is 0.325 e. The minimum atomic E-state index is -0.979. The van der Waals surface area contributed by atoms with Crippen molar-refractivity contribution >= 4 is 17.3 Å². The molecule has 16 heavy (non-hydrogen) atoms. The van der Waals surface area contributed by atoms with Crippen molar-refractivity contribution in [2.75, 3.05) is 0 Å². The van der Waals surface area contributed by atoms with Crippen LogP contribution in [0.4, 0.5) is 0 Å². The molecule has 1 N–H and O–H groups in total. The molecule has 8 heteroatoms. The molecule has 84 valence electrons. The summed E-state index contributed by atoms with van der Waals surface area (Å²) in [4.78, 5) is 15.7. The van der Waals surface area contributed by atoms with E-state index in [9.17, 15) is 4.79 Å². The van der Waals surface area contributed by atoms with Crippen LogP contribution in [0.1, 0.15) is 10.7 Å². The lowest BCUT2D eigenvalue weighted by Gasteiger charge is -1.98. The molecule has 7 nitrogen and oxygen atoms in total. The minimum absolute atomic E-state index is 0.251. The Labute approximate surface area is 94.7 Å². The number of carboxylic acid groups (broad SMARTS) is 1. The van der Waals surface area contributed by atoms with Gasteiger partial charge in [-0.2, -0.15) is 0 Å². The number of hydrogen-bond acceptors (Lipinski definition) is 6. The maximum absolute atomic E-state index is 10.6. The molecule has 0 bridgehead atoms. The molecular formula is C8H9N5O2S. The third-order valence-electron chi connectivity index (χ3n) is 1.92. The average Bonchev–Trinajstić information content (AvgIpc) is 2.72. The zero-order valence-electron chi connectivity index (χ0n) is 8.71. The van der Waals surface area contributed by atoms with E-state index in [1.165, 1.54) is 16.0 Å². The summed E-state index contributed by atoms with van der Waals surface area (Å²) in [6.07, 6.45) is 0. The SMILES string of the molecule is Cc1nc(C)c(-c2nnnn2CC(=O)O)s1. The van der Waals surface area contributed by atoms with Gasteiger partial charge in [0, 0.05) is 0 Å². The van der Waals surface area contributed by atoms with E-state index in [-0.39, 0.29) is 6.54 Å². The Kier molecular flexibility index (Phi) is 2.65. The Bertz CT molecular complexity index is 532. The van der Waals surface area contributed by atoms with E-state index >= 15 is 0 Å². The molecule has 0 aliphatic heterocycles. The van der Waals surface area contributed by atoms with Crippen LogP contribution < -0.4 is 0 Å². The molecule has 2 aromatic heterocycles. The van der Waals surface area contributed by atoms with Crippen LogP contribution in [-0.4, -0.2) is 36.3 Å². The number of nitrogens with zero attached hydrogens (tertiary/aromatic N) is 5. The van der Waals surface area contributed by atoms with Gasteiger partial charge < -0.3 is 5.11 Å². The highest BCUT2D eigenvalue weighted by Gasteiger charge is 2.16. The molecule has 2 aromatic rings. The molecule has 0 atom stereocenters. The summed E-state index contributed by atoms with van der Waals surface area (Å²) in [5, 5.41) is 20.5. The van der Waals surface area contributed by atoms with Crippen molar-refractivity contribution in [1.29, 1.82) is 0 Å². The van der Waals surface area contributed by atoms with Crippen LogP contribution in [0.2, 0.25) is 0 Å². The number of carbonyl (C=O) groups is 1. The Morgan fingerprint density at radius 2 is 2.25 bits per heavy atom. The molecule has 0 spiro atoms. The molecule has 0 aliphatic rings. The monoisotopic (exact) mass is 239 g/mol. The first-order valence-corrected chi connectivity index (χ1v) is 5.32. The van der Waals surface area contributed by atoms with Gasteiger partial charge in [-0.25, -0.2) is 9.67 Å². The van der Waals surface area contributed by atoms with E-state index in [4.69, 9.17) is 5.11 Å². The molecule has 0 aliphatic carbocycles. The fourth-order valence-corrected chi connectivity index (χ4v) is 2.25. The quantitative estimate of drug-likeness (QED) is 0.838. The molecule has 0 radical (unpaired) electrons. The van der Waals surface area contributed by atoms with E-state index in [0.717, 1.165) is 15.6 Å². The molecule has 2 heterocycles. The summed E-state index contributed by atoms with van der Waals surface area (Å²) in [7, 11) is 0. The van der Waals surface area contributed by atoms with Crippen LogP contribution in [0, 0.1) is 13.8 Å². The summed E-state index contributed by atoms with van der Waals surface area (Å²) in [6, 6.07) is 0. The second-order valence-electron chi connectivity index (χ2n) is 3.20. The van der Waals surface area contributed by atoms with Crippen LogP contribution in [0.15, 0.2) is 0 Å². The van der Waals surface area contributed by atoms with Gasteiger partial charge >= 0.3 is 5.97 Å². The maximum Gasteiger partial charge on any atom is 0.325 e. The summed E-state index contributed by atoms with van der Waals surface area (Å²) in [5.74, 6) is -0.530. The Morgan fingerprint density at radius 3 is 2.81 bits per heavy atom. The van der Waals surface area contributed by atoms with Gasteiger partial charge in [-0.1, -0.05) is 0 Å². The van der Waals surface area contributed by atoms with E-state index in [0.29, 0.717) is 5.82 Å². The Balaban J connectivity index is 2.44. The number of hydrogen-bond donors (Lipinski definition) is 1. The number of thiazole rings is 1. The first kappa shape index (κ1) is 10.7. The van der Waals surface area contributed by atoms with Crippen LogP contribution >= 0.6 is 11.3 Å². The molecule has 0 saturated carbocycles. The molecule has 0 fully saturated rings. The van der Waals surface area contributed by atoms with Gasteiger partial charge in [0.2, 0.25) is 0 Å². The highest BCUT2D eigenvalue weighted by molar-refractivity contribution is 7.15. The maximum atomic E-state index is 10.6. The molecular weight excluding hydrogens is 230 g/mol. The molecule has 0 unspecified atom stereocenters. The fraction of sp³-hybridized carbons (Fsp3) is 0.375. The van der Waals surface area contributed by atoms with Crippen LogP contribution in [0.5, 0.6) is 0 Å². The van der Waals surface area contributed by atoms with Crippen molar-refractivity contribution in [2.45, 2.75) is 20.4 Å². The summed E-state index contributed by atoms with van der Waals surface area (Å²) in [5.41, 5.74) is 0.809. The van der Waals surface area contributed by atoms with Gasteiger partial charge in [0.15, 0.2) is 5.82 Å². The predicted octanol–water partition coefficient (Wildman–Crippen LogP) is 0.498. The van der Waals surface area contributed by atoms with E-state index in [1.54, 1.807) is 0 Å². The molecule has 0 aromatic carbocycles. The number of rotatable bonds is 3. The van der Waals surface area contributed by atoms with Gasteiger partial charge in [0.1, 0.15) is 6.54 Å². The van der Waals surface area contributed by atoms with E-state index in [2.05, 4.69) is 20.5 Å². The van der Waals surface area contributed by atoms with Crippen LogP contribution in [0.3, 0.4) is 0 Å². The standard InChI is InChI=1S/C8H9N5O2S/c1-4-7(16-5(2)9-4)8-10-11-12-13(8)3-6(14)15/h3H2,1-2H3,(H,14,15). The van der Waals surface area contributed by atoms with Crippen LogP contribution in [0.25, 0.3) is 10.7 Å². The van der Waals surface area contributed by atoms with Gasteiger partial charge in [0.05, 0.1) is 15.6 Å². The van der Waals surface area contributed by atoms with Gasteiger partial charge in [0.25, 0.3) is 0 Å². The van der Waals surface area contributed by atoms with Crippen molar-refractivity contribution in [3.8, 4) is 10.7 Å². The third kappa shape index (κ3) is 1.91. The number of aryl methyl sites for hydroxylation is 2. The fourth-order valence-electron chi connectivity index (χ4n) is 1.34. The molecule has 0 amide bonds. The highest BCUT2D eigenvalue weighted by atomic mass is 32.1. The average molecular weight is 239 g/mol. The second kappa shape index (κ2) is 3.97. The van der Waals surface area contributed by atoms with Crippen molar-refractivity contribution < 1.29 is 9.90 Å². The zero-order valence-corrected chi connectivity index (χ0v) is 9.52. The highest BCUT2D eigenvalue weighted by Crippen LogP contribution is 2.27. The van der Waals surface area contributed by atoms with Crippen molar-refractivity contribution in [1.82, 2.24) is 25.2 Å². The van der Waals surface area contributed by atoms with Crippen molar-refractivity contribution in [3.05, 3.63) is 10.7 Å². The lowest BCUT2D eigenvalue weighted by Crippen LogP contribution is -2.11. The second-order valence-corrected chi connectivity index (χ2v) is 4.40. The summed E-state index contributed by atoms with van der Waals surface area (Å²) in [6.45, 7) is 3.48. The first-order valence-electron chi connectivity index (χ1n) is 4.50. The number of tetrazole rings is 1. The predicted molar refractivity (Wildman–Crippen MR) is 56.0 cm³/mol. The molecule has 2 rings (SSSR count). The summed E-state index contributed by atoms with van der Waals surface area (Å²) < 4.78 is 1.25. The van der Waals surface area contributed by atoms with Crippen molar-refractivity contribution in [3.63, 3.8) is 0 Å². The van der Waals surface area contributed by atoms with Crippen LogP contribution in [-0.2, 0) is 11.3 Å². The minimum Gasteiger partial charge on any atom is -0.480 e. The third-order valence-corrected chi connectivity index (χ3v) is 2.99. The normalized spacial score (nSPS) is 10.6. The lowest BCUT2D eigenvalue weighted by atomic mass is 10.4. The Hall–Kier alpha value is -1.83. The Morgan fingerprint density at radius 1 is 1.50 bits per heavy atom.